The van der Waals surface area contributed by atoms with Crippen LogP contribution in [0.3, 0.4) is 0 Å². The molecule has 0 radical (unpaired) electrons. The highest BCUT2D eigenvalue weighted by molar-refractivity contribution is 6.26. The van der Waals surface area contributed by atoms with Gasteiger partial charge in [-0.3, -0.25) is 9.59 Å². The van der Waals surface area contributed by atoms with E-state index in [-0.39, 0.29) is 11.6 Å². The second kappa shape index (κ2) is 11.6. The molecule has 0 saturated carbocycles. The lowest BCUT2D eigenvalue weighted by Gasteiger charge is -2.28. The molecular formula is C46H30O4. The monoisotopic (exact) mass is 646 g/mol. The zero-order valence-electron chi connectivity index (χ0n) is 27.5. The third-order valence-electron chi connectivity index (χ3n) is 9.96. The van der Waals surface area contributed by atoms with Crippen molar-refractivity contribution in [1.82, 2.24) is 0 Å². The first kappa shape index (κ1) is 29.6. The van der Waals surface area contributed by atoms with E-state index >= 15 is 0 Å². The maximum Gasteiger partial charge on any atom is 0.187 e. The molecule has 0 aliphatic heterocycles. The van der Waals surface area contributed by atoms with Crippen LogP contribution in [-0.2, 0) is 0 Å². The lowest BCUT2D eigenvalue weighted by Crippen LogP contribution is -2.09. The van der Waals surface area contributed by atoms with Crippen molar-refractivity contribution in [3.63, 3.8) is 0 Å². The van der Waals surface area contributed by atoms with Crippen LogP contribution in [0.4, 0.5) is 0 Å². The zero-order valence-corrected chi connectivity index (χ0v) is 27.5. The highest BCUT2D eigenvalue weighted by Crippen LogP contribution is 2.58. The van der Waals surface area contributed by atoms with Gasteiger partial charge in [0.05, 0.1) is 14.2 Å². The quantitative estimate of drug-likeness (QED) is 0.180. The van der Waals surface area contributed by atoms with Crippen molar-refractivity contribution in [2.45, 2.75) is 0 Å². The molecule has 7 aromatic carbocycles. The van der Waals surface area contributed by atoms with Crippen LogP contribution in [0, 0.1) is 0 Å². The fourth-order valence-corrected chi connectivity index (χ4v) is 7.91. The van der Waals surface area contributed by atoms with Crippen molar-refractivity contribution < 1.29 is 19.1 Å². The van der Waals surface area contributed by atoms with Gasteiger partial charge in [-0.15, -0.1) is 0 Å². The molecule has 0 amide bonds. The summed E-state index contributed by atoms with van der Waals surface area (Å²) in [5.74, 6) is 1.03. The van der Waals surface area contributed by atoms with Crippen molar-refractivity contribution >= 4 is 45.3 Å². The molecule has 0 N–H and O–H groups in total. The Labute approximate surface area is 289 Å². The molecule has 0 fully saturated rings. The molecule has 4 heteroatoms. The SMILES string of the molecule is COc1c(-c2ccccc2)c(-c2ccc3cccc4c3c2C(=O)C=C4)c(OC)c(-c2ccccc2)c1-c1ccc2cccc3c2c1C(=O)C=C3. The van der Waals surface area contributed by atoms with Gasteiger partial charge in [0.25, 0.3) is 0 Å². The van der Waals surface area contributed by atoms with E-state index < -0.39 is 0 Å². The fourth-order valence-electron chi connectivity index (χ4n) is 7.91. The van der Waals surface area contributed by atoms with Gasteiger partial charge in [-0.1, -0.05) is 133 Å². The first-order chi connectivity index (χ1) is 24.6. The van der Waals surface area contributed by atoms with Crippen LogP contribution >= 0.6 is 0 Å². The topological polar surface area (TPSA) is 52.6 Å². The minimum Gasteiger partial charge on any atom is -0.495 e. The number of ketones is 2. The van der Waals surface area contributed by atoms with E-state index in [9.17, 15) is 9.59 Å². The van der Waals surface area contributed by atoms with E-state index in [1.165, 1.54) is 0 Å². The van der Waals surface area contributed by atoms with Gasteiger partial charge in [0.1, 0.15) is 11.5 Å². The van der Waals surface area contributed by atoms with Gasteiger partial charge in [0.15, 0.2) is 11.6 Å². The minimum absolute atomic E-state index is 0.0708. The summed E-state index contributed by atoms with van der Waals surface area (Å²) in [4.78, 5) is 28.0. The van der Waals surface area contributed by atoms with Gasteiger partial charge in [-0.25, -0.2) is 0 Å². The highest BCUT2D eigenvalue weighted by Gasteiger charge is 2.34. The van der Waals surface area contributed by atoms with E-state index in [2.05, 4.69) is 12.1 Å². The molecule has 2 aliphatic rings. The van der Waals surface area contributed by atoms with Crippen molar-refractivity contribution in [1.29, 1.82) is 0 Å². The number of rotatable bonds is 6. The molecule has 0 saturated heterocycles. The molecular weight excluding hydrogens is 617 g/mol. The maximum atomic E-state index is 14.0. The summed E-state index contributed by atoms with van der Waals surface area (Å²) in [6, 6.07) is 40.5. The number of ether oxygens (including phenoxy) is 2. The molecule has 0 aromatic heterocycles. The molecule has 0 bridgehead atoms. The first-order valence-electron chi connectivity index (χ1n) is 16.6. The molecule has 0 heterocycles. The second-order valence-corrected chi connectivity index (χ2v) is 12.6. The Balaban J connectivity index is 1.52. The number of allylic oxidation sites excluding steroid dienone is 2. The molecule has 0 atom stereocenters. The molecule has 4 nitrogen and oxygen atoms in total. The van der Waals surface area contributed by atoms with Crippen molar-refractivity contribution in [2.24, 2.45) is 0 Å². The Bertz CT molecular complexity index is 2440. The van der Waals surface area contributed by atoms with Crippen molar-refractivity contribution in [2.75, 3.05) is 14.2 Å². The molecule has 0 spiro atoms. The average Bonchev–Trinajstić information content (AvgIpc) is 3.17. The Morgan fingerprint density at radius 2 is 0.800 bits per heavy atom. The van der Waals surface area contributed by atoms with Gasteiger partial charge in [0.2, 0.25) is 0 Å². The summed E-state index contributed by atoms with van der Waals surface area (Å²) in [6.45, 7) is 0. The van der Waals surface area contributed by atoms with E-state index in [4.69, 9.17) is 9.47 Å². The molecule has 0 unspecified atom stereocenters. The van der Waals surface area contributed by atoms with Gasteiger partial charge in [-0.05, 0) is 56.3 Å². The van der Waals surface area contributed by atoms with E-state index in [0.29, 0.717) is 22.6 Å². The lowest BCUT2D eigenvalue weighted by atomic mass is 9.78. The summed E-state index contributed by atoms with van der Waals surface area (Å²) in [7, 11) is 3.35. The number of hydrogen-bond donors (Lipinski definition) is 0. The third-order valence-corrected chi connectivity index (χ3v) is 9.96. The molecule has 2 aliphatic carbocycles. The normalized spacial score (nSPS) is 12.9. The highest BCUT2D eigenvalue weighted by atomic mass is 16.5. The third kappa shape index (κ3) is 4.32. The average molecular weight is 647 g/mol. The Morgan fingerprint density at radius 1 is 0.380 bits per heavy atom. The van der Waals surface area contributed by atoms with E-state index in [1.54, 1.807) is 26.4 Å². The molecule has 7 aromatic rings. The Morgan fingerprint density at radius 3 is 1.20 bits per heavy atom. The predicted octanol–water partition coefficient (Wildman–Crippen LogP) is 11.1. The number of hydrogen-bond acceptors (Lipinski definition) is 4. The maximum absolute atomic E-state index is 14.0. The van der Waals surface area contributed by atoms with Crippen LogP contribution in [0.15, 0.2) is 133 Å². The minimum atomic E-state index is -0.0708. The van der Waals surface area contributed by atoms with Gasteiger partial charge >= 0.3 is 0 Å². The van der Waals surface area contributed by atoms with Crippen LogP contribution in [0.25, 0.3) is 78.2 Å². The van der Waals surface area contributed by atoms with Crippen LogP contribution in [0.2, 0.25) is 0 Å². The predicted molar refractivity (Wildman–Crippen MR) is 203 cm³/mol. The molecule has 9 rings (SSSR count). The first-order valence-corrected chi connectivity index (χ1v) is 16.6. The molecule has 238 valence electrons. The van der Waals surface area contributed by atoms with Crippen LogP contribution in [0.5, 0.6) is 11.5 Å². The number of methoxy groups -OCH3 is 2. The fraction of sp³-hybridized carbons (Fsp3) is 0.0435. The summed E-state index contributed by atoms with van der Waals surface area (Å²) in [5, 5.41) is 3.80. The Kier molecular flexibility index (Phi) is 6.85. The van der Waals surface area contributed by atoms with E-state index in [0.717, 1.165) is 77.2 Å². The summed E-state index contributed by atoms with van der Waals surface area (Å²) in [5.41, 5.74) is 9.53. The number of carbonyl (C=O) groups is 2. The Hall–Kier alpha value is -6.52. The standard InChI is InChI=1S/C46H30O4/c1-49-45-39(27-11-5-3-6-12-27)44(34-24-20-30-16-10-18-32-22-26-36(48)42(34)38(30)32)46(50-2)40(28-13-7-4-8-14-28)43(45)33-23-19-29-15-9-17-31-21-25-35(47)41(33)37(29)31/h3-26H,1-2H3. The lowest BCUT2D eigenvalue weighted by molar-refractivity contribution is 0.104. The van der Waals surface area contributed by atoms with E-state index in [1.807, 2.05) is 121 Å². The van der Waals surface area contributed by atoms with Crippen molar-refractivity contribution in [3.8, 4) is 56.0 Å². The smallest absolute Gasteiger partial charge is 0.187 e. The number of carbonyl (C=O) groups excluding carboxylic acids is 2. The van der Waals surface area contributed by atoms with Gasteiger partial charge in [-0.2, -0.15) is 0 Å². The number of benzene rings is 7. The summed E-state index contributed by atoms with van der Waals surface area (Å²) in [6.07, 6.45) is 7.08. The summed E-state index contributed by atoms with van der Waals surface area (Å²) < 4.78 is 13.1. The second-order valence-electron chi connectivity index (χ2n) is 12.6. The van der Waals surface area contributed by atoms with Crippen LogP contribution < -0.4 is 9.47 Å². The van der Waals surface area contributed by atoms with Gasteiger partial charge in [0, 0.05) is 44.2 Å². The van der Waals surface area contributed by atoms with Crippen LogP contribution in [0.1, 0.15) is 31.8 Å². The van der Waals surface area contributed by atoms with Gasteiger partial charge < -0.3 is 9.47 Å². The zero-order chi connectivity index (χ0) is 33.9. The largest absolute Gasteiger partial charge is 0.495 e. The van der Waals surface area contributed by atoms with Crippen LogP contribution in [-0.4, -0.2) is 25.8 Å². The molecule has 50 heavy (non-hydrogen) atoms. The summed E-state index contributed by atoms with van der Waals surface area (Å²) >= 11 is 0. The van der Waals surface area contributed by atoms with Crippen molar-refractivity contribution in [3.05, 3.63) is 156 Å².